The van der Waals surface area contributed by atoms with Crippen LogP contribution in [-0.2, 0) is 25.6 Å². The number of carbonyl (C=O) groups excluding carboxylic acids is 3. The Balaban J connectivity index is 1.85. The topological polar surface area (TPSA) is 76.2 Å². The number of nitrogens with zero attached hydrogens (tertiary/aromatic N) is 2. The lowest BCUT2D eigenvalue weighted by Crippen LogP contribution is -2.54. The van der Waals surface area contributed by atoms with Gasteiger partial charge in [-0.1, -0.05) is 34.5 Å². The summed E-state index contributed by atoms with van der Waals surface area (Å²) in [5.41, 5.74) is -0.0610. The zero-order chi connectivity index (χ0) is 19.4. The second-order valence-electron chi connectivity index (χ2n) is 6.84. The fraction of sp³-hybridized carbons (Fsp3) is 0.526. The highest BCUT2D eigenvalue weighted by atomic mass is 79.9. The molecule has 1 heterocycles. The third-order valence-electron chi connectivity index (χ3n) is 4.98. The number of hydrogen-bond acceptors (Lipinski definition) is 5. The minimum Gasteiger partial charge on any atom is -0.469 e. The Bertz CT molecular complexity index is 733. The molecule has 0 N–H and O–H groups in total. The quantitative estimate of drug-likeness (QED) is 0.654. The van der Waals surface area contributed by atoms with E-state index in [1.54, 1.807) is 0 Å². The molecule has 0 atom stereocenters. The fourth-order valence-electron chi connectivity index (χ4n) is 3.70. The molecule has 1 aromatic rings. The number of carbonyl (C=O) groups is 3. The molecule has 1 aliphatic heterocycles. The van der Waals surface area contributed by atoms with Crippen LogP contribution < -0.4 is 0 Å². The molecular weight excluding hydrogens is 416 g/mol. The summed E-state index contributed by atoms with van der Waals surface area (Å²) in [6.45, 7) is 0.226. The molecule has 2 fully saturated rings. The highest BCUT2D eigenvalue weighted by Crippen LogP contribution is 2.41. The van der Waals surface area contributed by atoms with E-state index in [4.69, 9.17) is 4.74 Å². The molecule has 0 radical (unpaired) electrons. The largest absolute Gasteiger partial charge is 0.469 e. The summed E-state index contributed by atoms with van der Waals surface area (Å²) >= 11 is 3.42. The number of halogens is 1. The number of methoxy groups -OCH3 is 1. The molecule has 8 heteroatoms. The first kappa shape index (κ1) is 19.7. The maximum absolute atomic E-state index is 13.0. The number of benzene rings is 1. The molecule has 7 nitrogen and oxygen atoms in total. The van der Waals surface area contributed by atoms with E-state index in [-0.39, 0.29) is 25.3 Å². The Morgan fingerprint density at radius 2 is 1.96 bits per heavy atom. The van der Waals surface area contributed by atoms with Crippen LogP contribution in [0.25, 0.3) is 0 Å². The van der Waals surface area contributed by atoms with Gasteiger partial charge in [-0.25, -0.2) is 14.8 Å². The SMILES string of the molecule is COC(=O)CCC(=O)N1N(Cc2cccc(Br)c2)C(=O)OC12CCCCC2. The van der Waals surface area contributed by atoms with Crippen LogP contribution in [0.1, 0.15) is 50.5 Å². The second-order valence-corrected chi connectivity index (χ2v) is 7.76. The molecule has 27 heavy (non-hydrogen) atoms. The van der Waals surface area contributed by atoms with Crippen molar-refractivity contribution in [2.24, 2.45) is 0 Å². The summed E-state index contributed by atoms with van der Waals surface area (Å²) < 4.78 is 11.3. The molecule has 1 aliphatic carbocycles. The van der Waals surface area contributed by atoms with Gasteiger partial charge in [-0.15, -0.1) is 0 Å². The summed E-state index contributed by atoms with van der Waals surface area (Å²) in [7, 11) is 1.29. The van der Waals surface area contributed by atoms with Gasteiger partial charge in [0, 0.05) is 23.7 Å². The normalized spacial score (nSPS) is 18.5. The number of amides is 2. The lowest BCUT2D eigenvalue weighted by atomic mass is 9.91. The second kappa shape index (κ2) is 8.29. The van der Waals surface area contributed by atoms with E-state index < -0.39 is 17.8 Å². The van der Waals surface area contributed by atoms with Gasteiger partial charge in [0.25, 0.3) is 0 Å². The van der Waals surface area contributed by atoms with Crippen molar-refractivity contribution in [1.29, 1.82) is 0 Å². The summed E-state index contributed by atoms with van der Waals surface area (Å²) in [6, 6.07) is 7.56. The minimum absolute atomic E-state index is 0.0270. The smallest absolute Gasteiger partial charge is 0.431 e. The van der Waals surface area contributed by atoms with Crippen LogP contribution in [0.4, 0.5) is 4.79 Å². The van der Waals surface area contributed by atoms with Gasteiger partial charge >= 0.3 is 12.1 Å². The number of rotatable bonds is 5. The summed E-state index contributed by atoms with van der Waals surface area (Å²) in [4.78, 5) is 37.1. The van der Waals surface area contributed by atoms with Gasteiger partial charge in [0.2, 0.25) is 11.6 Å². The highest BCUT2D eigenvalue weighted by Gasteiger charge is 2.54. The predicted molar refractivity (Wildman–Crippen MR) is 100 cm³/mol. The molecule has 1 saturated heterocycles. The molecule has 0 aromatic heterocycles. The zero-order valence-electron chi connectivity index (χ0n) is 15.3. The summed E-state index contributed by atoms with van der Waals surface area (Å²) in [5, 5.41) is 2.82. The number of ether oxygens (including phenoxy) is 2. The number of hydrazine groups is 1. The third-order valence-corrected chi connectivity index (χ3v) is 5.47. The van der Waals surface area contributed by atoms with Crippen LogP contribution in [0.15, 0.2) is 28.7 Å². The molecule has 1 spiro atoms. The first-order valence-corrected chi connectivity index (χ1v) is 9.89. The van der Waals surface area contributed by atoms with Crippen LogP contribution in [0.3, 0.4) is 0 Å². The maximum atomic E-state index is 13.0. The average molecular weight is 439 g/mol. The van der Waals surface area contributed by atoms with E-state index in [9.17, 15) is 14.4 Å². The fourth-order valence-corrected chi connectivity index (χ4v) is 4.15. The molecule has 1 saturated carbocycles. The zero-order valence-corrected chi connectivity index (χ0v) is 16.9. The van der Waals surface area contributed by atoms with Gasteiger partial charge < -0.3 is 9.47 Å². The third kappa shape index (κ3) is 4.26. The van der Waals surface area contributed by atoms with E-state index in [2.05, 4.69) is 20.7 Å². The molecule has 0 unspecified atom stereocenters. The molecule has 0 bridgehead atoms. The van der Waals surface area contributed by atoms with E-state index in [0.29, 0.717) is 12.8 Å². The Labute approximate surface area is 166 Å². The molecule has 146 valence electrons. The first-order valence-electron chi connectivity index (χ1n) is 9.10. The van der Waals surface area contributed by atoms with Crippen molar-refractivity contribution in [1.82, 2.24) is 10.0 Å². The van der Waals surface area contributed by atoms with Crippen molar-refractivity contribution in [2.45, 2.75) is 57.2 Å². The molecular formula is C19H23BrN2O5. The van der Waals surface area contributed by atoms with E-state index >= 15 is 0 Å². The van der Waals surface area contributed by atoms with Gasteiger partial charge in [0.1, 0.15) is 0 Å². The number of esters is 1. The molecule has 2 amide bonds. The van der Waals surface area contributed by atoms with Crippen molar-refractivity contribution in [3.05, 3.63) is 34.3 Å². The van der Waals surface area contributed by atoms with E-state index in [0.717, 1.165) is 29.3 Å². The van der Waals surface area contributed by atoms with Crippen molar-refractivity contribution in [2.75, 3.05) is 7.11 Å². The standard InChI is InChI=1S/C19H23BrN2O5/c1-26-17(24)9-8-16(23)22-19(10-3-2-4-11-19)27-18(25)21(22)13-14-6-5-7-15(20)12-14/h5-7,12H,2-4,8-11,13H2,1H3. The van der Waals surface area contributed by atoms with Crippen LogP contribution in [-0.4, -0.2) is 40.8 Å². The van der Waals surface area contributed by atoms with Gasteiger partial charge in [-0.3, -0.25) is 9.59 Å². The Morgan fingerprint density at radius 1 is 1.22 bits per heavy atom. The van der Waals surface area contributed by atoms with Crippen LogP contribution in [0.2, 0.25) is 0 Å². The van der Waals surface area contributed by atoms with Crippen molar-refractivity contribution in [3.63, 3.8) is 0 Å². The Kier molecular flexibility index (Phi) is 6.04. The summed E-state index contributed by atoms with van der Waals surface area (Å²) in [5.74, 6) is -0.755. The first-order chi connectivity index (χ1) is 12.9. The highest BCUT2D eigenvalue weighted by molar-refractivity contribution is 9.10. The molecule has 1 aromatic carbocycles. The monoisotopic (exact) mass is 438 g/mol. The van der Waals surface area contributed by atoms with Gasteiger partial charge in [-0.05, 0) is 30.5 Å². The lowest BCUT2D eigenvalue weighted by molar-refractivity contribution is -0.174. The maximum Gasteiger partial charge on any atom is 0.431 e. The van der Waals surface area contributed by atoms with E-state index in [1.165, 1.54) is 17.1 Å². The Hall–Kier alpha value is -2.09. The van der Waals surface area contributed by atoms with Crippen LogP contribution in [0, 0.1) is 0 Å². The van der Waals surface area contributed by atoms with Crippen LogP contribution in [0.5, 0.6) is 0 Å². The van der Waals surface area contributed by atoms with Crippen LogP contribution >= 0.6 is 15.9 Å². The molecule has 3 rings (SSSR count). The molecule has 2 aliphatic rings. The van der Waals surface area contributed by atoms with Gasteiger partial charge in [-0.2, -0.15) is 0 Å². The summed E-state index contributed by atoms with van der Waals surface area (Å²) in [6.07, 6.45) is 3.46. The number of hydrogen-bond donors (Lipinski definition) is 0. The lowest BCUT2D eigenvalue weighted by Gasteiger charge is -2.40. The Morgan fingerprint density at radius 3 is 2.63 bits per heavy atom. The van der Waals surface area contributed by atoms with Crippen molar-refractivity contribution >= 4 is 33.9 Å². The van der Waals surface area contributed by atoms with E-state index in [1.807, 2.05) is 24.3 Å². The van der Waals surface area contributed by atoms with Gasteiger partial charge in [0.05, 0.1) is 20.1 Å². The van der Waals surface area contributed by atoms with Gasteiger partial charge in [0.15, 0.2) is 0 Å². The average Bonchev–Trinajstić information content (AvgIpc) is 2.91. The minimum atomic E-state index is -0.936. The van der Waals surface area contributed by atoms with Crippen molar-refractivity contribution in [3.8, 4) is 0 Å². The predicted octanol–water partition coefficient (Wildman–Crippen LogP) is 3.76. The van der Waals surface area contributed by atoms with Crippen molar-refractivity contribution < 1.29 is 23.9 Å².